The number of aryl methyl sites for hydroxylation is 2. The Morgan fingerprint density at radius 1 is 0.815 bits per heavy atom. The van der Waals surface area contributed by atoms with Gasteiger partial charge in [0.2, 0.25) is 29.6 Å². The second-order valence-electron chi connectivity index (χ2n) is 16.0. The van der Waals surface area contributed by atoms with E-state index >= 15 is 0 Å². The molecule has 3 aromatic carbocycles. The number of benzene rings is 3. The molecular weight excluding hydrogens is 847 g/mol. The maximum Gasteiger partial charge on any atom is 0.280 e. The smallest absolute Gasteiger partial charge is 0.280 e. The van der Waals surface area contributed by atoms with E-state index in [1.54, 1.807) is 47.9 Å². The number of carbonyl (C=O) groups is 5. The Morgan fingerprint density at radius 3 is 2.26 bits per heavy atom. The molecule has 5 amide bonds. The molecule has 0 aliphatic carbocycles. The minimum atomic E-state index is -0.834. The summed E-state index contributed by atoms with van der Waals surface area (Å²) in [6.07, 6.45) is 4.54. The molecule has 2 aromatic heterocycles. The van der Waals surface area contributed by atoms with Crippen molar-refractivity contribution in [1.29, 1.82) is 0 Å². The van der Waals surface area contributed by atoms with Gasteiger partial charge in [-0.2, -0.15) is 16.7 Å². The van der Waals surface area contributed by atoms with Gasteiger partial charge < -0.3 is 37.2 Å². The van der Waals surface area contributed by atoms with Gasteiger partial charge in [-0.1, -0.05) is 42.5 Å². The number of carbonyl (C=O) groups excluding carboxylic acids is 5. The van der Waals surface area contributed by atoms with Gasteiger partial charge in [0.25, 0.3) is 11.5 Å². The Morgan fingerprint density at radius 2 is 1.54 bits per heavy atom. The molecule has 3 atom stereocenters. The standard InChI is InChI=1S/C47H59N11O6S/c1-29-11-6-8-13-34(29)27-58(38-15-9-7-12-30(38)2)41(61)23-22-39(59)49-24-10-14-37(45(63)53-32(4)28-65-5)55-40(60)21-16-31(3)52-44(62)33-17-19-35(20-18-33)50-25-36-26-51-43-42(54-36)46(64)57-47(48)56-43/h6-9,11-13,15,17-20,26,31-32,37,50H,10,14,16,21-25,27-28H2,1-5H3,(H,49,59)(H,52,62)(H,53,63)(H,55,60)(H3,48,51,56,57,64)/t31-,32-,37?/m1/s1. The van der Waals surface area contributed by atoms with Gasteiger partial charge in [-0.05, 0) is 100 Å². The van der Waals surface area contributed by atoms with Gasteiger partial charge in [-0.3, -0.25) is 33.8 Å². The lowest BCUT2D eigenvalue weighted by Gasteiger charge is -2.25. The average molecular weight is 906 g/mol. The summed E-state index contributed by atoms with van der Waals surface area (Å²) in [5.74, 6) is -0.753. The molecule has 0 aliphatic heterocycles. The Kier molecular flexibility index (Phi) is 18.4. The van der Waals surface area contributed by atoms with Crippen LogP contribution in [0.3, 0.4) is 0 Å². The average Bonchev–Trinajstić information content (AvgIpc) is 3.28. The number of aromatic amines is 1. The Labute approximate surface area is 382 Å². The van der Waals surface area contributed by atoms with Crippen LogP contribution in [0.2, 0.25) is 0 Å². The molecule has 17 nitrogen and oxygen atoms in total. The van der Waals surface area contributed by atoms with Crippen molar-refractivity contribution in [2.45, 2.75) is 97.4 Å². The number of thioether (sulfide) groups is 1. The number of nitrogens with zero attached hydrogens (tertiary/aromatic N) is 4. The largest absolute Gasteiger partial charge is 0.379 e. The zero-order chi connectivity index (χ0) is 46.9. The molecule has 344 valence electrons. The van der Waals surface area contributed by atoms with Crippen LogP contribution in [0, 0.1) is 13.8 Å². The highest BCUT2D eigenvalue weighted by molar-refractivity contribution is 7.98. The second kappa shape index (κ2) is 24.3. The van der Waals surface area contributed by atoms with Crippen LogP contribution in [-0.2, 0) is 32.3 Å². The quantitative estimate of drug-likeness (QED) is 0.0442. The van der Waals surface area contributed by atoms with Gasteiger partial charge >= 0.3 is 0 Å². The first-order valence-corrected chi connectivity index (χ1v) is 23.0. The highest BCUT2D eigenvalue weighted by atomic mass is 32.2. The number of nitrogens with one attached hydrogen (secondary N) is 6. The zero-order valence-electron chi connectivity index (χ0n) is 37.5. The number of nitrogens with two attached hydrogens (primary N) is 1. The number of amides is 5. The lowest BCUT2D eigenvalue weighted by molar-refractivity contribution is -0.129. The van der Waals surface area contributed by atoms with E-state index in [0.717, 1.165) is 22.4 Å². The van der Waals surface area contributed by atoms with Crippen LogP contribution in [0.15, 0.2) is 83.8 Å². The molecule has 0 saturated heterocycles. The molecule has 8 N–H and O–H groups in total. The zero-order valence-corrected chi connectivity index (χ0v) is 38.3. The molecule has 0 bridgehead atoms. The van der Waals surface area contributed by atoms with Crippen molar-refractivity contribution in [3.8, 4) is 0 Å². The van der Waals surface area contributed by atoms with Crippen molar-refractivity contribution in [2.24, 2.45) is 0 Å². The fraction of sp³-hybridized carbons (Fsp3) is 0.383. The Hall–Kier alpha value is -6.82. The van der Waals surface area contributed by atoms with Crippen LogP contribution in [0.1, 0.15) is 85.1 Å². The minimum Gasteiger partial charge on any atom is -0.379 e. The molecule has 1 unspecified atom stereocenters. The number of aromatic nitrogens is 4. The first kappa shape index (κ1) is 49.2. The van der Waals surface area contributed by atoms with Gasteiger partial charge in [0.05, 0.1) is 25.0 Å². The molecule has 0 fully saturated rings. The number of nitrogen functional groups attached to an aromatic ring is 1. The SMILES string of the molecule is CSC[C@@H](C)NC(=O)C(CCCNC(=O)CCC(=O)N(Cc1ccccc1C)c1ccccc1C)NC(=O)CC[C@@H](C)NC(=O)c1ccc(NCc2cnc3nc(N)[nH]c(=O)c3n2)cc1. The molecule has 0 saturated carbocycles. The number of hydrogen-bond acceptors (Lipinski definition) is 12. The summed E-state index contributed by atoms with van der Waals surface area (Å²) in [5, 5.41) is 14.8. The molecule has 0 aliphatic rings. The number of fused-ring (bicyclic) bond motifs is 1. The van der Waals surface area contributed by atoms with E-state index in [-0.39, 0.29) is 97.5 Å². The molecule has 0 radical (unpaired) electrons. The van der Waals surface area contributed by atoms with Crippen LogP contribution in [0.5, 0.6) is 0 Å². The number of para-hydroxylation sites is 1. The van der Waals surface area contributed by atoms with Crippen molar-refractivity contribution < 1.29 is 24.0 Å². The van der Waals surface area contributed by atoms with Crippen molar-refractivity contribution in [3.05, 3.63) is 117 Å². The molecule has 18 heteroatoms. The van der Waals surface area contributed by atoms with Gasteiger partial charge in [0, 0.05) is 60.6 Å². The van der Waals surface area contributed by atoms with Crippen LogP contribution in [0.4, 0.5) is 17.3 Å². The van der Waals surface area contributed by atoms with E-state index in [9.17, 15) is 28.8 Å². The van der Waals surface area contributed by atoms with E-state index < -0.39 is 11.6 Å². The summed E-state index contributed by atoms with van der Waals surface area (Å²) in [4.78, 5) is 94.8. The lowest BCUT2D eigenvalue weighted by atomic mass is 10.1. The number of H-pyrrole nitrogens is 1. The van der Waals surface area contributed by atoms with Crippen LogP contribution >= 0.6 is 11.8 Å². The van der Waals surface area contributed by atoms with E-state index in [0.29, 0.717) is 42.1 Å². The Bertz CT molecular complexity index is 2500. The van der Waals surface area contributed by atoms with Gasteiger partial charge in [0.15, 0.2) is 11.2 Å². The van der Waals surface area contributed by atoms with Gasteiger partial charge in [0.1, 0.15) is 6.04 Å². The maximum atomic E-state index is 13.6. The number of rotatable bonds is 23. The number of anilines is 3. The summed E-state index contributed by atoms with van der Waals surface area (Å²) >= 11 is 1.59. The van der Waals surface area contributed by atoms with Crippen LogP contribution in [0.25, 0.3) is 11.2 Å². The lowest BCUT2D eigenvalue weighted by Crippen LogP contribution is -2.50. The van der Waals surface area contributed by atoms with Crippen molar-refractivity contribution in [1.82, 2.24) is 41.2 Å². The highest BCUT2D eigenvalue weighted by Crippen LogP contribution is 2.24. The van der Waals surface area contributed by atoms with Crippen molar-refractivity contribution in [3.63, 3.8) is 0 Å². The van der Waals surface area contributed by atoms with E-state index in [2.05, 4.69) is 46.5 Å². The predicted octanol–water partition coefficient (Wildman–Crippen LogP) is 4.69. The predicted molar refractivity (Wildman–Crippen MR) is 255 cm³/mol. The van der Waals surface area contributed by atoms with Crippen LogP contribution < -0.4 is 42.8 Å². The summed E-state index contributed by atoms with van der Waals surface area (Å²) in [5.41, 5.74) is 10.8. The van der Waals surface area contributed by atoms with E-state index in [1.807, 2.05) is 75.6 Å². The van der Waals surface area contributed by atoms with E-state index in [1.165, 1.54) is 6.20 Å². The monoisotopic (exact) mass is 905 g/mol. The van der Waals surface area contributed by atoms with Gasteiger partial charge in [-0.15, -0.1) is 0 Å². The molecular formula is C47H59N11O6S. The third-order valence-corrected chi connectivity index (χ3v) is 11.4. The first-order valence-electron chi connectivity index (χ1n) is 21.6. The van der Waals surface area contributed by atoms with Crippen LogP contribution in [-0.4, -0.2) is 86.2 Å². The Balaban J connectivity index is 1.06. The highest BCUT2D eigenvalue weighted by Gasteiger charge is 2.24. The molecule has 5 aromatic rings. The molecule has 65 heavy (non-hydrogen) atoms. The summed E-state index contributed by atoms with van der Waals surface area (Å²) in [7, 11) is 0. The van der Waals surface area contributed by atoms with E-state index in [4.69, 9.17) is 5.73 Å². The van der Waals surface area contributed by atoms with Gasteiger partial charge in [-0.25, -0.2) is 9.97 Å². The fourth-order valence-corrected chi connectivity index (χ4v) is 7.58. The minimum absolute atomic E-state index is 0.00215. The summed E-state index contributed by atoms with van der Waals surface area (Å²) < 4.78 is 0. The summed E-state index contributed by atoms with van der Waals surface area (Å²) in [6.45, 7) is 8.57. The molecule has 2 heterocycles. The maximum absolute atomic E-state index is 13.6. The third-order valence-electron chi connectivity index (χ3n) is 10.6. The molecule has 0 spiro atoms. The third kappa shape index (κ3) is 15.2. The number of hydrogen-bond donors (Lipinski definition) is 7. The first-order chi connectivity index (χ1) is 31.2. The fourth-order valence-electron chi connectivity index (χ4n) is 7.00. The molecule has 5 rings (SSSR count). The topological polar surface area (TPSA) is 246 Å². The summed E-state index contributed by atoms with van der Waals surface area (Å²) in [6, 6.07) is 21.1. The normalized spacial score (nSPS) is 12.4. The second-order valence-corrected chi connectivity index (χ2v) is 16.9. The van der Waals surface area contributed by atoms with Crippen molar-refractivity contribution in [2.75, 3.05) is 34.5 Å². The van der Waals surface area contributed by atoms with Crippen molar-refractivity contribution >= 4 is 69.8 Å².